The number of nitrogens with zero attached hydrogens (tertiary/aromatic N) is 1. The molecule has 5 nitrogen and oxygen atoms in total. The molecule has 1 aromatic heterocycles. The Morgan fingerprint density at radius 2 is 1.60 bits per heavy atom. The maximum absolute atomic E-state index is 13.3. The van der Waals surface area contributed by atoms with E-state index in [0.717, 1.165) is 22.0 Å². The van der Waals surface area contributed by atoms with Gasteiger partial charge in [-0.25, -0.2) is 0 Å². The number of rotatable bonds is 7. The molecule has 0 aliphatic carbocycles. The Balaban J connectivity index is 1.41. The Morgan fingerprint density at radius 1 is 0.886 bits per heavy atom. The number of aromatic nitrogens is 1. The van der Waals surface area contributed by atoms with Crippen LogP contribution in [0, 0.1) is 5.41 Å². The molecule has 0 saturated carbocycles. The van der Waals surface area contributed by atoms with E-state index in [9.17, 15) is 4.79 Å². The Labute approximate surface area is 204 Å². The molecule has 5 rings (SSSR count). The fourth-order valence-corrected chi connectivity index (χ4v) is 4.44. The highest BCUT2D eigenvalue weighted by Gasteiger charge is 2.16. The number of carbonyl (C=O) groups excluding carboxylic acids is 1. The summed E-state index contributed by atoms with van der Waals surface area (Å²) in [5, 5.41) is 14.4. The molecule has 0 bridgehead atoms. The summed E-state index contributed by atoms with van der Waals surface area (Å²) in [5.74, 6) is 0.0358. The first-order valence-corrected chi connectivity index (χ1v) is 11.8. The van der Waals surface area contributed by atoms with Crippen LogP contribution < -0.4 is 5.32 Å². The number of carbonyl (C=O) groups is 1. The zero-order valence-corrected chi connectivity index (χ0v) is 19.6. The van der Waals surface area contributed by atoms with Gasteiger partial charge in [-0.1, -0.05) is 72.8 Å². The highest BCUT2D eigenvalue weighted by molar-refractivity contribution is 5.99. The van der Waals surface area contributed by atoms with Gasteiger partial charge in [-0.15, -0.1) is 0 Å². The predicted molar refractivity (Wildman–Crippen MR) is 141 cm³/mol. The Kier molecular flexibility index (Phi) is 6.31. The first-order chi connectivity index (χ1) is 17.1. The zero-order chi connectivity index (χ0) is 24.2. The van der Waals surface area contributed by atoms with Crippen molar-refractivity contribution in [2.45, 2.75) is 20.0 Å². The number of hydrogen-bond donors (Lipinski definition) is 2. The van der Waals surface area contributed by atoms with Gasteiger partial charge >= 0.3 is 0 Å². The molecule has 35 heavy (non-hydrogen) atoms. The van der Waals surface area contributed by atoms with Crippen LogP contribution in [-0.2, 0) is 17.8 Å². The molecule has 5 aromatic rings. The third kappa shape index (κ3) is 4.66. The van der Waals surface area contributed by atoms with Crippen molar-refractivity contribution in [1.82, 2.24) is 9.88 Å². The van der Waals surface area contributed by atoms with E-state index in [4.69, 9.17) is 10.1 Å². The van der Waals surface area contributed by atoms with E-state index >= 15 is 0 Å². The van der Waals surface area contributed by atoms with E-state index < -0.39 is 0 Å². The van der Waals surface area contributed by atoms with Crippen LogP contribution in [0.5, 0.6) is 0 Å². The summed E-state index contributed by atoms with van der Waals surface area (Å²) in [4.78, 5) is 13.3. The average molecular weight is 462 g/mol. The summed E-state index contributed by atoms with van der Waals surface area (Å²) in [6, 6.07) is 32.2. The molecule has 2 N–H and O–H groups in total. The summed E-state index contributed by atoms with van der Waals surface area (Å²) in [6.45, 7) is 3.32. The fraction of sp³-hybridized carbons (Fsp3) is 0.133. The van der Waals surface area contributed by atoms with E-state index in [0.29, 0.717) is 25.4 Å². The van der Waals surface area contributed by atoms with Gasteiger partial charge in [0.1, 0.15) is 5.69 Å². The van der Waals surface area contributed by atoms with Crippen LogP contribution in [0.3, 0.4) is 0 Å². The first kappa shape index (κ1) is 22.4. The average Bonchev–Trinajstić information content (AvgIpc) is 3.26. The quantitative estimate of drug-likeness (QED) is 0.226. The summed E-state index contributed by atoms with van der Waals surface area (Å²) in [7, 11) is 0. The largest absolute Gasteiger partial charge is 0.478 e. The van der Waals surface area contributed by atoms with Gasteiger partial charge in [0, 0.05) is 29.6 Å². The summed E-state index contributed by atoms with van der Waals surface area (Å²) in [5.41, 5.74) is 4.52. The van der Waals surface area contributed by atoms with Gasteiger partial charge in [-0.2, -0.15) is 0 Å². The molecule has 1 heterocycles. The first-order valence-electron chi connectivity index (χ1n) is 11.8. The van der Waals surface area contributed by atoms with Crippen molar-refractivity contribution in [1.29, 1.82) is 5.41 Å². The topological polar surface area (TPSA) is 67.1 Å². The van der Waals surface area contributed by atoms with Crippen molar-refractivity contribution >= 4 is 33.5 Å². The minimum atomic E-state index is -0.118. The van der Waals surface area contributed by atoms with Crippen LogP contribution in [-0.4, -0.2) is 23.0 Å². The molecule has 0 saturated heterocycles. The number of ether oxygens (including phenoxy) is 1. The summed E-state index contributed by atoms with van der Waals surface area (Å²) >= 11 is 0. The maximum atomic E-state index is 13.3. The highest BCUT2D eigenvalue weighted by Crippen LogP contribution is 2.25. The van der Waals surface area contributed by atoms with Gasteiger partial charge in [0.25, 0.3) is 5.91 Å². The van der Waals surface area contributed by atoms with Crippen LogP contribution in [0.25, 0.3) is 21.7 Å². The number of para-hydroxylation sites is 1. The minimum absolute atomic E-state index is 0.118. The Bertz CT molecular complexity index is 1510. The Hall–Kier alpha value is -4.38. The van der Waals surface area contributed by atoms with Gasteiger partial charge in [0.15, 0.2) is 0 Å². The van der Waals surface area contributed by atoms with Crippen LogP contribution in [0.4, 0.5) is 0 Å². The number of amides is 1. The van der Waals surface area contributed by atoms with Crippen LogP contribution in [0.1, 0.15) is 34.1 Å². The lowest BCUT2D eigenvalue weighted by Crippen LogP contribution is -2.25. The number of benzene rings is 4. The van der Waals surface area contributed by atoms with Gasteiger partial charge in [0.2, 0.25) is 5.90 Å². The van der Waals surface area contributed by atoms with Crippen molar-refractivity contribution in [3.8, 4) is 0 Å². The van der Waals surface area contributed by atoms with Crippen molar-refractivity contribution in [3.63, 3.8) is 0 Å². The molecule has 0 atom stereocenters. The number of nitrogens with one attached hydrogen (secondary N) is 2. The fourth-order valence-electron chi connectivity index (χ4n) is 4.44. The minimum Gasteiger partial charge on any atom is -0.478 e. The molecular formula is C30H27N3O2. The summed E-state index contributed by atoms with van der Waals surface area (Å²) < 4.78 is 7.35. The van der Waals surface area contributed by atoms with Gasteiger partial charge < -0.3 is 14.6 Å². The lowest BCUT2D eigenvalue weighted by molar-refractivity contribution is 0.0942. The van der Waals surface area contributed by atoms with Crippen LogP contribution >= 0.6 is 0 Å². The third-order valence-corrected chi connectivity index (χ3v) is 6.21. The molecule has 0 unspecified atom stereocenters. The number of fused-ring (bicyclic) bond motifs is 2. The standard InChI is InChI=1S/C30H27N3O2/c1-2-35-29(31)23-16-14-21(15-17-23)19-32-30(34)28-18-24-9-4-6-13-27(24)33(28)20-25-11-7-10-22-8-3-5-12-26(22)25/h3-18,31H,2,19-20H2,1H3,(H,32,34). The molecule has 1 amide bonds. The van der Waals surface area contributed by atoms with E-state index in [2.05, 4.69) is 46.3 Å². The zero-order valence-electron chi connectivity index (χ0n) is 19.6. The normalized spacial score (nSPS) is 11.0. The monoisotopic (exact) mass is 461 g/mol. The lowest BCUT2D eigenvalue weighted by atomic mass is 10.0. The molecule has 4 aromatic carbocycles. The SMILES string of the molecule is CCOC(=N)c1ccc(CNC(=O)c2cc3ccccc3n2Cc2cccc3ccccc23)cc1. The van der Waals surface area contributed by atoms with Crippen molar-refractivity contribution in [2.24, 2.45) is 0 Å². The second-order valence-electron chi connectivity index (χ2n) is 8.45. The van der Waals surface area contributed by atoms with Gasteiger partial charge in [-0.05, 0) is 53.1 Å². The smallest absolute Gasteiger partial charge is 0.268 e. The lowest BCUT2D eigenvalue weighted by Gasteiger charge is -2.13. The highest BCUT2D eigenvalue weighted by atomic mass is 16.5. The second-order valence-corrected chi connectivity index (χ2v) is 8.45. The second kappa shape index (κ2) is 9.85. The van der Waals surface area contributed by atoms with Gasteiger partial charge in [0.05, 0.1) is 6.61 Å². The summed E-state index contributed by atoms with van der Waals surface area (Å²) in [6.07, 6.45) is 0. The van der Waals surface area contributed by atoms with E-state index in [1.807, 2.05) is 67.6 Å². The van der Waals surface area contributed by atoms with Crippen molar-refractivity contribution in [3.05, 3.63) is 119 Å². The van der Waals surface area contributed by atoms with E-state index in [-0.39, 0.29) is 11.8 Å². The molecule has 0 fully saturated rings. The van der Waals surface area contributed by atoms with Crippen LogP contribution in [0.15, 0.2) is 97.1 Å². The molecule has 5 heteroatoms. The Morgan fingerprint density at radius 3 is 2.40 bits per heavy atom. The predicted octanol–water partition coefficient (Wildman–Crippen LogP) is 6.13. The maximum Gasteiger partial charge on any atom is 0.268 e. The van der Waals surface area contributed by atoms with Crippen molar-refractivity contribution in [2.75, 3.05) is 6.61 Å². The molecule has 0 aliphatic heterocycles. The van der Waals surface area contributed by atoms with E-state index in [1.165, 1.54) is 16.3 Å². The molecule has 174 valence electrons. The molecule has 0 radical (unpaired) electrons. The third-order valence-electron chi connectivity index (χ3n) is 6.21. The van der Waals surface area contributed by atoms with Crippen LogP contribution in [0.2, 0.25) is 0 Å². The van der Waals surface area contributed by atoms with Crippen molar-refractivity contribution < 1.29 is 9.53 Å². The molecule has 0 spiro atoms. The number of hydrogen-bond acceptors (Lipinski definition) is 3. The van der Waals surface area contributed by atoms with Gasteiger partial charge in [-0.3, -0.25) is 10.2 Å². The molecular weight excluding hydrogens is 434 g/mol. The molecule has 0 aliphatic rings. The van der Waals surface area contributed by atoms with E-state index in [1.54, 1.807) is 0 Å².